The van der Waals surface area contributed by atoms with E-state index in [-0.39, 0.29) is 5.91 Å². The van der Waals surface area contributed by atoms with E-state index in [0.29, 0.717) is 13.1 Å². The van der Waals surface area contributed by atoms with Crippen LogP contribution in [0.3, 0.4) is 0 Å². The number of carbonyl (C=O) groups excluding carboxylic acids is 1. The Balaban J connectivity index is 0.00000117. The van der Waals surface area contributed by atoms with Crippen LogP contribution in [0.4, 0.5) is 0 Å². The molecule has 0 saturated carbocycles. The molecule has 0 radical (unpaired) electrons. The average molecular weight is 429 g/mol. The molecule has 0 atom stereocenters. The molecule has 1 amide bonds. The predicted octanol–water partition coefficient (Wildman–Crippen LogP) is 3.06. The first-order chi connectivity index (χ1) is 14.2. The van der Waals surface area contributed by atoms with Crippen LogP contribution in [-0.2, 0) is 26.4 Å². The topological polar surface area (TPSA) is 63.9 Å². The van der Waals surface area contributed by atoms with Crippen LogP contribution in [0.2, 0.25) is 0 Å². The van der Waals surface area contributed by atoms with Gasteiger partial charge in [0.15, 0.2) is 0 Å². The molecule has 6 nitrogen and oxygen atoms in total. The molecule has 1 aromatic carbocycles. The number of amides is 1. The Hall–Kier alpha value is -3.18. The monoisotopic (exact) mass is 428 g/mol. The summed E-state index contributed by atoms with van der Waals surface area (Å²) in [6, 6.07) is 10.1. The van der Waals surface area contributed by atoms with Crippen molar-refractivity contribution in [2.45, 2.75) is 6.54 Å². The summed E-state index contributed by atoms with van der Waals surface area (Å²) >= 11 is 3.62. The Bertz CT molecular complexity index is 1170. The summed E-state index contributed by atoms with van der Waals surface area (Å²) < 4.78 is 2.02. The van der Waals surface area contributed by atoms with Crippen LogP contribution in [0.5, 0.6) is 0 Å². The van der Waals surface area contributed by atoms with Gasteiger partial charge in [-0.15, -0.1) is 0 Å². The Morgan fingerprint density at radius 2 is 2.10 bits per heavy atom. The quantitative estimate of drug-likeness (QED) is 0.278. The van der Waals surface area contributed by atoms with Crippen molar-refractivity contribution in [3.63, 3.8) is 0 Å². The molecule has 4 rings (SSSR count). The molecule has 0 bridgehead atoms. The number of hydrogen-bond donors (Lipinski definition) is 0. The SMILES string of the molecule is C=CC(=O)N(C)CCn1cc(-c2cnc3ccccc3c2)c2[c-]ncnc21.[CH2]=[Ni]. The third-order valence-corrected chi connectivity index (χ3v) is 4.59. The zero-order valence-corrected chi connectivity index (χ0v) is 17.0. The molecule has 3 aromatic heterocycles. The van der Waals surface area contributed by atoms with Crippen LogP contribution in [0.25, 0.3) is 33.1 Å². The summed E-state index contributed by atoms with van der Waals surface area (Å²) in [5.41, 5.74) is 6.57. The predicted molar refractivity (Wildman–Crippen MR) is 112 cm³/mol. The number of fused-ring (bicyclic) bond motifs is 2. The summed E-state index contributed by atoms with van der Waals surface area (Å²) in [5, 5.41) is 1.91. The normalized spacial score (nSPS) is 10.4. The fraction of sp³-hybridized carbons (Fsp3) is 0.136. The zero-order valence-electron chi connectivity index (χ0n) is 16.0. The molecule has 0 spiro atoms. The van der Waals surface area contributed by atoms with Gasteiger partial charge in [-0.25, -0.2) is 0 Å². The van der Waals surface area contributed by atoms with Gasteiger partial charge >= 0.3 is 20.5 Å². The van der Waals surface area contributed by atoms with E-state index in [0.717, 1.165) is 33.1 Å². The fourth-order valence-electron chi connectivity index (χ4n) is 3.10. The molecule has 0 aliphatic carbocycles. The van der Waals surface area contributed by atoms with Crippen molar-refractivity contribution in [1.82, 2.24) is 24.4 Å². The molecular weight excluding hydrogens is 409 g/mol. The van der Waals surface area contributed by atoms with Crippen molar-refractivity contribution in [3.05, 3.63) is 67.9 Å². The minimum absolute atomic E-state index is 0.105. The second-order valence-corrected chi connectivity index (χ2v) is 6.30. The third kappa shape index (κ3) is 4.30. The summed E-state index contributed by atoms with van der Waals surface area (Å²) in [7, 11) is 1.75. The van der Waals surface area contributed by atoms with E-state index in [1.807, 2.05) is 41.2 Å². The second kappa shape index (κ2) is 9.35. The number of benzene rings is 1. The van der Waals surface area contributed by atoms with Gasteiger partial charge in [0.05, 0.1) is 5.52 Å². The summed E-state index contributed by atoms with van der Waals surface area (Å²) in [4.78, 5) is 26.4. The molecule has 0 saturated heterocycles. The molecule has 0 N–H and O–H groups in total. The fourth-order valence-corrected chi connectivity index (χ4v) is 3.10. The molecular formula is C22H20N5NiO-. The molecule has 0 fully saturated rings. The van der Waals surface area contributed by atoms with Crippen molar-refractivity contribution >= 4 is 33.3 Å². The minimum atomic E-state index is -0.105. The van der Waals surface area contributed by atoms with Crippen LogP contribution >= 0.6 is 0 Å². The Kier molecular flexibility index (Phi) is 6.63. The number of likely N-dealkylation sites (N-methyl/N-ethyl adjacent to an activating group) is 1. The van der Waals surface area contributed by atoms with E-state index < -0.39 is 0 Å². The average Bonchev–Trinajstić information content (AvgIpc) is 3.16. The number of carbonyl (C=O) groups is 1. The number of pyridine rings is 1. The van der Waals surface area contributed by atoms with Crippen LogP contribution in [-0.4, -0.2) is 49.4 Å². The zero-order chi connectivity index (χ0) is 20.8. The van der Waals surface area contributed by atoms with Crippen molar-refractivity contribution in [3.8, 4) is 11.1 Å². The molecule has 150 valence electrons. The number of hydrogen-bond acceptors (Lipinski definition) is 4. The maximum absolute atomic E-state index is 11.7. The summed E-state index contributed by atoms with van der Waals surface area (Å²) in [6.45, 7) is 4.68. The summed E-state index contributed by atoms with van der Waals surface area (Å²) in [5.74, 6) is -0.105. The summed E-state index contributed by atoms with van der Waals surface area (Å²) in [6.07, 6.45) is 9.73. The Labute approximate surface area is 176 Å². The first-order valence-electron chi connectivity index (χ1n) is 8.84. The van der Waals surface area contributed by atoms with Crippen molar-refractivity contribution < 1.29 is 19.8 Å². The van der Waals surface area contributed by atoms with Gasteiger partial charge in [0, 0.05) is 38.3 Å². The number of aromatic nitrogens is 4. The van der Waals surface area contributed by atoms with Gasteiger partial charge in [-0.1, -0.05) is 41.8 Å². The molecule has 4 aromatic rings. The van der Waals surface area contributed by atoms with E-state index in [1.54, 1.807) is 11.9 Å². The van der Waals surface area contributed by atoms with Gasteiger partial charge in [-0.2, -0.15) is 0 Å². The molecule has 29 heavy (non-hydrogen) atoms. The van der Waals surface area contributed by atoms with E-state index >= 15 is 0 Å². The van der Waals surface area contributed by atoms with Gasteiger partial charge in [0.25, 0.3) is 0 Å². The van der Waals surface area contributed by atoms with E-state index in [2.05, 4.69) is 54.3 Å². The maximum atomic E-state index is 11.7. The molecule has 0 aliphatic rings. The van der Waals surface area contributed by atoms with Crippen molar-refractivity contribution in [2.75, 3.05) is 13.6 Å². The van der Waals surface area contributed by atoms with Gasteiger partial charge in [0.1, 0.15) is 0 Å². The van der Waals surface area contributed by atoms with Gasteiger partial charge in [0.2, 0.25) is 5.91 Å². The molecule has 3 heterocycles. The van der Waals surface area contributed by atoms with Crippen LogP contribution in [0, 0.1) is 6.20 Å². The number of nitrogens with zero attached hydrogens (tertiary/aromatic N) is 5. The molecule has 0 unspecified atom stereocenters. The van der Waals surface area contributed by atoms with Crippen molar-refractivity contribution in [2.24, 2.45) is 0 Å². The first kappa shape index (κ1) is 20.6. The number of para-hydroxylation sites is 1. The Morgan fingerprint density at radius 3 is 2.90 bits per heavy atom. The molecule has 7 heteroatoms. The second-order valence-electron chi connectivity index (χ2n) is 6.30. The van der Waals surface area contributed by atoms with Gasteiger partial charge in [-0.05, 0) is 35.5 Å². The van der Waals surface area contributed by atoms with E-state index in [4.69, 9.17) is 0 Å². The van der Waals surface area contributed by atoms with Crippen molar-refractivity contribution in [1.29, 1.82) is 0 Å². The number of rotatable bonds is 5. The van der Waals surface area contributed by atoms with Crippen LogP contribution in [0.1, 0.15) is 0 Å². The van der Waals surface area contributed by atoms with Gasteiger partial charge in [-0.3, -0.25) is 9.78 Å². The third-order valence-electron chi connectivity index (χ3n) is 4.59. The van der Waals surface area contributed by atoms with Crippen LogP contribution in [0.15, 0.2) is 61.7 Å². The standard InChI is InChI=1S/C21H18N5O.CH2.Ni/c1-3-20(27)25(2)8-9-26-13-18(17-12-22-14-24-21(17)26)16-10-15-6-4-5-7-19(15)23-11-16;;/h3-7,10-11,13-14H,1,8-9H2,2H3;1H2;/q-1;;. The Morgan fingerprint density at radius 1 is 1.31 bits per heavy atom. The van der Waals surface area contributed by atoms with Gasteiger partial charge < -0.3 is 19.4 Å². The van der Waals surface area contributed by atoms with E-state index in [9.17, 15) is 4.79 Å². The van der Waals surface area contributed by atoms with E-state index in [1.165, 1.54) is 12.4 Å². The van der Waals surface area contributed by atoms with Crippen LogP contribution < -0.4 is 0 Å². The first-order valence-corrected chi connectivity index (χ1v) is 9.54. The molecule has 0 aliphatic heterocycles.